The van der Waals surface area contributed by atoms with Crippen LogP contribution in [0.1, 0.15) is 58.6 Å². The van der Waals surface area contributed by atoms with Crippen molar-refractivity contribution < 1.29 is 0 Å². The van der Waals surface area contributed by atoms with Gasteiger partial charge in [0.1, 0.15) is 0 Å². The van der Waals surface area contributed by atoms with Crippen molar-refractivity contribution in [2.45, 2.75) is 66.0 Å². The molecule has 0 radical (unpaired) electrons. The van der Waals surface area contributed by atoms with Gasteiger partial charge in [0.05, 0.1) is 5.69 Å². The van der Waals surface area contributed by atoms with E-state index >= 15 is 0 Å². The van der Waals surface area contributed by atoms with Crippen LogP contribution in [0.2, 0.25) is 0 Å². The Hall–Kier alpha value is -0.900. The Morgan fingerprint density at radius 1 is 1.22 bits per heavy atom. The van der Waals surface area contributed by atoms with Gasteiger partial charge in [-0.2, -0.15) is 0 Å². The second-order valence-corrected chi connectivity index (χ2v) is 5.41. The third-order valence-electron chi connectivity index (χ3n) is 2.94. The monoisotopic (exact) mass is 252 g/mol. The van der Waals surface area contributed by atoms with Crippen LogP contribution >= 0.6 is 0 Å². The van der Waals surface area contributed by atoms with Crippen molar-refractivity contribution in [2.75, 3.05) is 6.54 Å². The SMILES string of the molecule is CCCCCCCn1cc(CNCC(C)C)nn1. The quantitative estimate of drug-likeness (QED) is 0.651. The van der Waals surface area contributed by atoms with Crippen LogP contribution in [0, 0.1) is 5.92 Å². The summed E-state index contributed by atoms with van der Waals surface area (Å²) in [7, 11) is 0. The van der Waals surface area contributed by atoms with Gasteiger partial charge >= 0.3 is 0 Å². The van der Waals surface area contributed by atoms with E-state index in [1.807, 2.05) is 4.68 Å². The first kappa shape index (κ1) is 15.2. The average molecular weight is 252 g/mol. The largest absolute Gasteiger partial charge is 0.311 e. The average Bonchev–Trinajstić information content (AvgIpc) is 2.76. The summed E-state index contributed by atoms with van der Waals surface area (Å²) in [6.07, 6.45) is 8.56. The van der Waals surface area contributed by atoms with Gasteiger partial charge in [-0.1, -0.05) is 51.7 Å². The summed E-state index contributed by atoms with van der Waals surface area (Å²) < 4.78 is 1.97. The smallest absolute Gasteiger partial charge is 0.0964 e. The molecule has 4 nitrogen and oxygen atoms in total. The molecule has 0 amide bonds. The Bertz CT molecular complexity index is 306. The highest BCUT2D eigenvalue weighted by Gasteiger charge is 2.01. The Labute approximate surface area is 111 Å². The van der Waals surface area contributed by atoms with Crippen molar-refractivity contribution in [3.63, 3.8) is 0 Å². The summed E-state index contributed by atoms with van der Waals surface area (Å²) >= 11 is 0. The maximum absolute atomic E-state index is 4.18. The molecule has 1 rings (SSSR count). The highest BCUT2D eigenvalue weighted by Crippen LogP contribution is 2.04. The predicted octanol–water partition coefficient (Wildman–Crippen LogP) is 2.99. The molecule has 18 heavy (non-hydrogen) atoms. The number of unbranched alkanes of at least 4 members (excludes halogenated alkanes) is 4. The Kier molecular flexibility index (Phi) is 7.65. The molecule has 0 aliphatic heterocycles. The minimum absolute atomic E-state index is 0.679. The lowest BCUT2D eigenvalue weighted by atomic mass is 10.1. The number of nitrogens with zero attached hydrogens (tertiary/aromatic N) is 3. The second kappa shape index (κ2) is 9.09. The molecule has 1 heterocycles. The third kappa shape index (κ3) is 6.74. The molecule has 0 saturated carbocycles. The van der Waals surface area contributed by atoms with Crippen LogP contribution in [0.25, 0.3) is 0 Å². The van der Waals surface area contributed by atoms with E-state index < -0.39 is 0 Å². The van der Waals surface area contributed by atoms with Gasteiger partial charge in [0.25, 0.3) is 0 Å². The lowest BCUT2D eigenvalue weighted by Crippen LogP contribution is -2.19. The van der Waals surface area contributed by atoms with Crippen LogP contribution in [-0.2, 0) is 13.1 Å². The van der Waals surface area contributed by atoms with Crippen LogP contribution < -0.4 is 5.32 Å². The fourth-order valence-corrected chi connectivity index (χ4v) is 1.90. The van der Waals surface area contributed by atoms with Crippen molar-refractivity contribution in [3.05, 3.63) is 11.9 Å². The maximum atomic E-state index is 4.18. The number of aryl methyl sites for hydroxylation is 1. The van der Waals surface area contributed by atoms with Gasteiger partial charge in [0, 0.05) is 19.3 Å². The highest BCUT2D eigenvalue weighted by atomic mass is 15.4. The minimum atomic E-state index is 0.679. The molecule has 1 N–H and O–H groups in total. The van der Waals surface area contributed by atoms with Crippen molar-refractivity contribution in [2.24, 2.45) is 5.92 Å². The van der Waals surface area contributed by atoms with Gasteiger partial charge in [-0.25, -0.2) is 0 Å². The topological polar surface area (TPSA) is 42.7 Å². The third-order valence-corrected chi connectivity index (χ3v) is 2.94. The van der Waals surface area contributed by atoms with Crippen LogP contribution in [-0.4, -0.2) is 21.5 Å². The molecule has 0 spiro atoms. The zero-order chi connectivity index (χ0) is 13.2. The molecule has 1 aromatic heterocycles. The zero-order valence-electron chi connectivity index (χ0n) is 12.2. The van der Waals surface area contributed by atoms with E-state index in [4.69, 9.17) is 0 Å². The van der Waals surface area contributed by atoms with Gasteiger partial charge in [-0.3, -0.25) is 4.68 Å². The Balaban J connectivity index is 2.13. The zero-order valence-corrected chi connectivity index (χ0v) is 12.2. The van der Waals surface area contributed by atoms with E-state index in [1.54, 1.807) is 0 Å². The molecule has 0 unspecified atom stereocenters. The molecule has 0 aliphatic carbocycles. The van der Waals surface area contributed by atoms with E-state index in [9.17, 15) is 0 Å². The Morgan fingerprint density at radius 2 is 2.00 bits per heavy atom. The number of rotatable bonds is 10. The van der Waals surface area contributed by atoms with Crippen LogP contribution in [0.15, 0.2) is 6.20 Å². The standard InChI is InChI=1S/C14H28N4/c1-4-5-6-7-8-9-18-12-14(16-17-18)11-15-10-13(2)3/h12-13,15H,4-11H2,1-3H3. The molecule has 0 saturated heterocycles. The van der Waals surface area contributed by atoms with E-state index in [2.05, 4.69) is 42.6 Å². The number of aromatic nitrogens is 3. The summed E-state index contributed by atoms with van der Waals surface area (Å²) in [5.74, 6) is 0.679. The second-order valence-electron chi connectivity index (χ2n) is 5.41. The van der Waals surface area contributed by atoms with Crippen LogP contribution in [0.5, 0.6) is 0 Å². The summed E-state index contributed by atoms with van der Waals surface area (Å²) in [6, 6.07) is 0. The van der Waals surface area contributed by atoms with Crippen molar-refractivity contribution in [1.29, 1.82) is 0 Å². The van der Waals surface area contributed by atoms with Crippen LogP contribution in [0.3, 0.4) is 0 Å². The van der Waals surface area contributed by atoms with Gasteiger partial charge in [0.15, 0.2) is 0 Å². The van der Waals surface area contributed by atoms with E-state index in [0.717, 1.165) is 25.3 Å². The number of nitrogens with one attached hydrogen (secondary N) is 1. The van der Waals surface area contributed by atoms with Crippen molar-refractivity contribution >= 4 is 0 Å². The first-order chi connectivity index (χ1) is 8.72. The van der Waals surface area contributed by atoms with Gasteiger partial charge in [-0.15, -0.1) is 5.10 Å². The lowest BCUT2D eigenvalue weighted by Gasteiger charge is -2.04. The summed E-state index contributed by atoms with van der Waals surface area (Å²) in [5, 5.41) is 11.7. The van der Waals surface area contributed by atoms with Gasteiger partial charge in [-0.05, 0) is 18.9 Å². The fourth-order valence-electron chi connectivity index (χ4n) is 1.90. The fraction of sp³-hybridized carbons (Fsp3) is 0.857. The summed E-state index contributed by atoms with van der Waals surface area (Å²) in [6.45, 7) is 9.52. The molecule has 0 aliphatic rings. The van der Waals surface area contributed by atoms with Crippen molar-refractivity contribution in [3.8, 4) is 0 Å². The van der Waals surface area contributed by atoms with Gasteiger partial charge in [0.2, 0.25) is 0 Å². The van der Waals surface area contributed by atoms with Gasteiger partial charge < -0.3 is 5.32 Å². The molecule has 0 bridgehead atoms. The van der Waals surface area contributed by atoms with Crippen LogP contribution in [0.4, 0.5) is 0 Å². The molecular weight excluding hydrogens is 224 g/mol. The first-order valence-corrected chi connectivity index (χ1v) is 7.32. The maximum Gasteiger partial charge on any atom is 0.0964 e. The first-order valence-electron chi connectivity index (χ1n) is 7.32. The molecule has 0 atom stereocenters. The molecule has 1 aromatic rings. The Morgan fingerprint density at radius 3 is 2.72 bits per heavy atom. The number of hydrogen-bond acceptors (Lipinski definition) is 3. The normalized spacial score (nSPS) is 11.3. The molecule has 4 heteroatoms. The number of hydrogen-bond donors (Lipinski definition) is 1. The van der Waals surface area contributed by atoms with E-state index in [-0.39, 0.29) is 0 Å². The summed E-state index contributed by atoms with van der Waals surface area (Å²) in [5.41, 5.74) is 1.05. The van der Waals surface area contributed by atoms with E-state index in [0.29, 0.717) is 5.92 Å². The molecule has 0 fully saturated rings. The minimum Gasteiger partial charge on any atom is -0.311 e. The molecule has 0 aromatic carbocycles. The molecule has 104 valence electrons. The van der Waals surface area contributed by atoms with Crippen molar-refractivity contribution in [1.82, 2.24) is 20.3 Å². The van der Waals surface area contributed by atoms with E-state index in [1.165, 1.54) is 32.1 Å². The summed E-state index contributed by atoms with van der Waals surface area (Å²) in [4.78, 5) is 0. The highest BCUT2D eigenvalue weighted by molar-refractivity contribution is 4.91. The lowest BCUT2D eigenvalue weighted by molar-refractivity contribution is 0.521. The molecular formula is C14H28N4. The predicted molar refractivity (Wildman–Crippen MR) is 75.3 cm³/mol.